The van der Waals surface area contributed by atoms with Crippen molar-refractivity contribution < 1.29 is 4.73 Å². The van der Waals surface area contributed by atoms with Crippen LogP contribution in [0.2, 0.25) is 0 Å². The minimum Gasteiger partial charge on any atom is -0.740 e. The zero-order valence-electron chi connectivity index (χ0n) is 9.16. The predicted molar refractivity (Wildman–Crippen MR) is 61.5 cm³/mol. The summed E-state index contributed by atoms with van der Waals surface area (Å²) in [4.78, 5) is 6.97. The summed E-state index contributed by atoms with van der Waals surface area (Å²) in [6.07, 6.45) is 4.38. The SMILES string of the molecule is CCCNCc1c[nH]c2nc(N)[n+]([O-])cc12. The fourth-order valence-corrected chi connectivity index (χ4v) is 1.59. The molecule has 6 heteroatoms. The second kappa shape index (κ2) is 4.36. The molecule has 2 rings (SSSR count). The van der Waals surface area contributed by atoms with Crippen LogP contribution in [0.15, 0.2) is 12.4 Å². The summed E-state index contributed by atoms with van der Waals surface area (Å²) in [7, 11) is 0. The van der Waals surface area contributed by atoms with E-state index in [1.165, 1.54) is 6.20 Å². The highest BCUT2D eigenvalue weighted by molar-refractivity contribution is 5.78. The summed E-state index contributed by atoms with van der Waals surface area (Å²) >= 11 is 0. The minimum absolute atomic E-state index is 0.0394. The number of rotatable bonds is 4. The summed E-state index contributed by atoms with van der Waals surface area (Å²) in [5.41, 5.74) is 7.10. The van der Waals surface area contributed by atoms with Crippen LogP contribution in [0.1, 0.15) is 18.9 Å². The van der Waals surface area contributed by atoms with Crippen LogP contribution in [0.4, 0.5) is 5.95 Å². The number of nitrogens with one attached hydrogen (secondary N) is 2. The van der Waals surface area contributed by atoms with Gasteiger partial charge in [-0.25, -0.2) is 4.73 Å². The standard InChI is InChI=1S/C10H15N5O/c1-2-3-12-4-7-5-13-9-8(7)6-15(16)10(11)14-9/h5-6,12H,2-4H2,1H3,(H3,11,13,14). The molecule has 0 saturated carbocycles. The molecule has 6 nitrogen and oxygen atoms in total. The number of aromatic nitrogens is 3. The zero-order valence-corrected chi connectivity index (χ0v) is 9.16. The van der Waals surface area contributed by atoms with Crippen molar-refractivity contribution in [3.63, 3.8) is 0 Å². The lowest BCUT2D eigenvalue weighted by Crippen LogP contribution is -2.31. The van der Waals surface area contributed by atoms with E-state index in [1.807, 2.05) is 6.20 Å². The monoisotopic (exact) mass is 221 g/mol. The summed E-state index contributed by atoms with van der Waals surface area (Å²) < 4.78 is 0.583. The van der Waals surface area contributed by atoms with Crippen molar-refractivity contribution in [3.05, 3.63) is 23.2 Å². The number of nitrogens with zero attached hydrogens (tertiary/aromatic N) is 2. The van der Waals surface area contributed by atoms with Gasteiger partial charge >= 0.3 is 5.95 Å². The van der Waals surface area contributed by atoms with Crippen molar-refractivity contribution in [2.24, 2.45) is 0 Å². The third-order valence-electron chi connectivity index (χ3n) is 2.42. The number of nitrogen functional groups attached to an aromatic ring is 1. The van der Waals surface area contributed by atoms with Gasteiger partial charge in [0.2, 0.25) is 5.65 Å². The molecule has 0 fully saturated rings. The van der Waals surface area contributed by atoms with Gasteiger partial charge in [0.05, 0.1) is 11.6 Å². The van der Waals surface area contributed by atoms with Crippen LogP contribution in [-0.4, -0.2) is 16.5 Å². The van der Waals surface area contributed by atoms with Crippen LogP contribution in [0, 0.1) is 5.21 Å². The van der Waals surface area contributed by atoms with Gasteiger partial charge in [0.1, 0.15) is 0 Å². The highest BCUT2D eigenvalue weighted by Crippen LogP contribution is 2.14. The molecule has 86 valence electrons. The molecule has 2 heterocycles. The molecule has 0 radical (unpaired) electrons. The van der Waals surface area contributed by atoms with Crippen molar-refractivity contribution in [2.75, 3.05) is 12.3 Å². The van der Waals surface area contributed by atoms with Crippen LogP contribution in [0.3, 0.4) is 0 Å². The Bertz CT molecular complexity index is 493. The maximum Gasteiger partial charge on any atom is 0.391 e. The van der Waals surface area contributed by atoms with E-state index in [1.54, 1.807) is 0 Å². The quantitative estimate of drug-likeness (QED) is 0.392. The van der Waals surface area contributed by atoms with Gasteiger partial charge in [-0.2, -0.15) is 0 Å². The number of hydrogen-bond acceptors (Lipinski definition) is 4. The number of anilines is 1. The van der Waals surface area contributed by atoms with E-state index < -0.39 is 0 Å². The fraction of sp³-hybridized carbons (Fsp3) is 0.400. The minimum atomic E-state index is -0.0394. The summed E-state index contributed by atoms with van der Waals surface area (Å²) in [6, 6.07) is 0. The van der Waals surface area contributed by atoms with Crippen LogP contribution in [-0.2, 0) is 6.54 Å². The molecule has 0 spiro atoms. The van der Waals surface area contributed by atoms with E-state index in [-0.39, 0.29) is 5.95 Å². The molecule has 4 N–H and O–H groups in total. The van der Waals surface area contributed by atoms with E-state index >= 15 is 0 Å². The van der Waals surface area contributed by atoms with Crippen molar-refractivity contribution in [3.8, 4) is 0 Å². The van der Waals surface area contributed by atoms with Gasteiger partial charge in [-0.05, 0) is 18.5 Å². The zero-order chi connectivity index (χ0) is 11.5. The number of nitrogens with two attached hydrogens (primary N) is 1. The van der Waals surface area contributed by atoms with Crippen LogP contribution in [0.5, 0.6) is 0 Å². The second-order valence-corrected chi connectivity index (χ2v) is 3.68. The summed E-state index contributed by atoms with van der Waals surface area (Å²) in [5, 5.41) is 15.4. The highest BCUT2D eigenvalue weighted by atomic mass is 16.5. The van der Waals surface area contributed by atoms with Crippen molar-refractivity contribution in [2.45, 2.75) is 19.9 Å². The molecule has 0 aliphatic heterocycles. The Hall–Kier alpha value is -1.82. The van der Waals surface area contributed by atoms with Crippen LogP contribution in [0.25, 0.3) is 11.0 Å². The average molecular weight is 221 g/mol. The maximum atomic E-state index is 11.3. The van der Waals surface area contributed by atoms with Crippen LogP contribution < -0.4 is 15.8 Å². The van der Waals surface area contributed by atoms with Crippen molar-refractivity contribution in [1.29, 1.82) is 0 Å². The summed E-state index contributed by atoms with van der Waals surface area (Å²) in [6.45, 7) is 3.78. The molecular weight excluding hydrogens is 206 g/mol. The molecule has 2 aromatic heterocycles. The molecular formula is C10H15N5O. The third kappa shape index (κ3) is 1.92. The maximum absolute atomic E-state index is 11.3. The Morgan fingerprint density at radius 1 is 1.62 bits per heavy atom. The van der Waals surface area contributed by atoms with Gasteiger partial charge in [0, 0.05) is 12.7 Å². The number of fused-ring (bicyclic) bond motifs is 1. The Kier molecular flexibility index (Phi) is 2.91. The Balaban J connectivity index is 2.29. The van der Waals surface area contributed by atoms with Gasteiger partial charge in [0.25, 0.3) is 0 Å². The first-order valence-electron chi connectivity index (χ1n) is 5.28. The molecule has 0 unspecified atom stereocenters. The third-order valence-corrected chi connectivity index (χ3v) is 2.42. The first kappa shape index (κ1) is 10.7. The van der Waals surface area contributed by atoms with Crippen LogP contribution >= 0.6 is 0 Å². The molecule has 0 aromatic carbocycles. The highest BCUT2D eigenvalue weighted by Gasteiger charge is 2.10. The van der Waals surface area contributed by atoms with E-state index in [9.17, 15) is 5.21 Å². The molecule has 0 bridgehead atoms. The first-order valence-corrected chi connectivity index (χ1v) is 5.28. The molecule has 0 saturated heterocycles. The van der Waals surface area contributed by atoms with Gasteiger partial charge in [-0.15, -0.1) is 0 Å². The van der Waals surface area contributed by atoms with Gasteiger partial charge in [-0.3, -0.25) is 5.73 Å². The van der Waals surface area contributed by atoms with Gasteiger partial charge in [-0.1, -0.05) is 11.9 Å². The van der Waals surface area contributed by atoms with E-state index in [4.69, 9.17) is 5.73 Å². The Labute approximate surface area is 93.1 Å². The van der Waals surface area contributed by atoms with Gasteiger partial charge < -0.3 is 15.5 Å². The normalized spacial score (nSPS) is 11.1. The number of H-pyrrole nitrogens is 1. The lowest BCUT2D eigenvalue weighted by atomic mass is 10.2. The predicted octanol–water partition coefficient (Wildman–Crippen LogP) is 0.278. The largest absolute Gasteiger partial charge is 0.740 e. The average Bonchev–Trinajstić information content (AvgIpc) is 2.63. The van der Waals surface area contributed by atoms with E-state index in [2.05, 4.69) is 22.2 Å². The lowest BCUT2D eigenvalue weighted by Gasteiger charge is -2.04. The number of aromatic amines is 1. The fourth-order valence-electron chi connectivity index (χ4n) is 1.59. The molecule has 0 aliphatic rings. The molecule has 16 heavy (non-hydrogen) atoms. The van der Waals surface area contributed by atoms with Crippen molar-refractivity contribution >= 4 is 17.0 Å². The first-order chi connectivity index (χ1) is 7.72. The Morgan fingerprint density at radius 3 is 3.19 bits per heavy atom. The molecule has 2 aromatic rings. The molecule has 0 amide bonds. The van der Waals surface area contributed by atoms with E-state index in [0.29, 0.717) is 10.4 Å². The Morgan fingerprint density at radius 2 is 2.44 bits per heavy atom. The lowest BCUT2D eigenvalue weighted by molar-refractivity contribution is -0.591. The van der Waals surface area contributed by atoms with E-state index in [0.717, 1.165) is 30.5 Å². The summed E-state index contributed by atoms with van der Waals surface area (Å²) in [5.74, 6) is -0.0394. The van der Waals surface area contributed by atoms with Crippen molar-refractivity contribution in [1.82, 2.24) is 15.3 Å². The molecule has 0 atom stereocenters. The topological polar surface area (TPSA) is 93.7 Å². The second-order valence-electron chi connectivity index (χ2n) is 3.68. The smallest absolute Gasteiger partial charge is 0.391 e. The van der Waals surface area contributed by atoms with Gasteiger partial charge in [0.15, 0.2) is 0 Å². The molecule has 0 aliphatic carbocycles. The number of hydrogen-bond donors (Lipinski definition) is 3.